The van der Waals surface area contributed by atoms with Crippen molar-refractivity contribution in [1.29, 1.82) is 0 Å². The first kappa shape index (κ1) is 13.9. The van der Waals surface area contributed by atoms with E-state index in [1.165, 1.54) is 0 Å². The highest BCUT2D eigenvalue weighted by atomic mass is 19.1. The molecule has 0 spiro atoms. The van der Waals surface area contributed by atoms with Gasteiger partial charge < -0.3 is 15.0 Å². The lowest BCUT2D eigenvalue weighted by atomic mass is 10.1. The standard InChI is InChI=1S/C13H16F2N2O2/c1-16-7-12-8-17(2-3-19-12)13(18)9-4-10(14)6-11(15)5-9/h4-6,12,16H,2-3,7-8H2,1H3. The number of carbonyl (C=O) groups is 1. The minimum atomic E-state index is -0.747. The molecule has 6 heteroatoms. The maximum Gasteiger partial charge on any atom is 0.254 e. The quantitative estimate of drug-likeness (QED) is 0.892. The first-order chi connectivity index (χ1) is 9.10. The van der Waals surface area contributed by atoms with Crippen LogP contribution in [0.25, 0.3) is 0 Å². The molecular weight excluding hydrogens is 254 g/mol. The molecule has 0 saturated carbocycles. The maximum absolute atomic E-state index is 13.1. The number of carbonyl (C=O) groups excluding carboxylic acids is 1. The predicted octanol–water partition coefficient (Wildman–Crippen LogP) is 1.03. The van der Waals surface area contributed by atoms with Crippen LogP contribution in [-0.4, -0.2) is 50.2 Å². The molecule has 1 heterocycles. The molecule has 1 unspecified atom stereocenters. The van der Waals surface area contributed by atoms with E-state index >= 15 is 0 Å². The third-order valence-electron chi connectivity index (χ3n) is 2.97. The number of ether oxygens (including phenoxy) is 1. The Morgan fingerprint density at radius 3 is 2.74 bits per heavy atom. The van der Waals surface area contributed by atoms with Gasteiger partial charge in [-0.3, -0.25) is 4.79 Å². The topological polar surface area (TPSA) is 41.6 Å². The number of rotatable bonds is 3. The van der Waals surface area contributed by atoms with Gasteiger partial charge in [-0.1, -0.05) is 0 Å². The van der Waals surface area contributed by atoms with Crippen LogP contribution in [0.5, 0.6) is 0 Å². The first-order valence-electron chi connectivity index (χ1n) is 6.11. The van der Waals surface area contributed by atoms with E-state index in [1.54, 1.807) is 11.9 Å². The average molecular weight is 270 g/mol. The summed E-state index contributed by atoms with van der Waals surface area (Å²) in [4.78, 5) is 13.7. The number of amides is 1. The molecule has 1 aromatic carbocycles. The van der Waals surface area contributed by atoms with Crippen LogP contribution in [-0.2, 0) is 4.74 Å². The van der Waals surface area contributed by atoms with E-state index in [1.807, 2.05) is 0 Å². The fourth-order valence-corrected chi connectivity index (χ4v) is 2.11. The number of morpholine rings is 1. The number of hydrogen-bond acceptors (Lipinski definition) is 3. The van der Waals surface area contributed by atoms with E-state index in [4.69, 9.17) is 4.74 Å². The Hall–Kier alpha value is -1.53. The predicted molar refractivity (Wildman–Crippen MR) is 65.9 cm³/mol. The summed E-state index contributed by atoms with van der Waals surface area (Å²) in [6.07, 6.45) is -0.0962. The Morgan fingerprint density at radius 1 is 1.42 bits per heavy atom. The Morgan fingerprint density at radius 2 is 2.11 bits per heavy atom. The zero-order chi connectivity index (χ0) is 13.8. The van der Waals surface area contributed by atoms with E-state index in [0.717, 1.165) is 18.2 Å². The molecule has 4 nitrogen and oxygen atoms in total. The van der Waals surface area contributed by atoms with Crippen molar-refractivity contribution in [3.05, 3.63) is 35.4 Å². The van der Waals surface area contributed by atoms with Gasteiger partial charge in [-0.2, -0.15) is 0 Å². The minimum Gasteiger partial charge on any atom is -0.373 e. The number of nitrogens with zero attached hydrogens (tertiary/aromatic N) is 1. The van der Waals surface area contributed by atoms with E-state index in [0.29, 0.717) is 26.2 Å². The highest BCUT2D eigenvalue weighted by Gasteiger charge is 2.25. The maximum atomic E-state index is 13.1. The highest BCUT2D eigenvalue weighted by molar-refractivity contribution is 5.94. The second-order valence-electron chi connectivity index (χ2n) is 4.46. The number of halogens is 2. The summed E-state index contributed by atoms with van der Waals surface area (Å²) in [5.41, 5.74) is 0.0302. The van der Waals surface area contributed by atoms with Gasteiger partial charge >= 0.3 is 0 Å². The Labute approximate surface area is 110 Å². The van der Waals surface area contributed by atoms with Gasteiger partial charge in [0, 0.05) is 31.3 Å². The molecule has 1 atom stereocenters. The molecule has 1 N–H and O–H groups in total. The van der Waals surface area contributed by atoms with Gasteiger partial charge in [0.15, 0.2) is 0 Å². The van der Waals surface area contributed by atoms with E-state index in [-0.39, 0.29) is 17.6 Å². The van der Waals surface area contributed by atoms with Gasteiger partial charge in [-0.05, 0) is 19.2 Å². The second kappa shape index (κ2) is 6.08. The third-order valence-corrected chi connectivity index (χ3v) is 2.97. The van der Waals surface area contributed by atoms with Crippen molar-refractivity contribution in [2.45, 2.75) is 6.10 Å². The molecule has 1 aliphatic heterocycles. The fraction of sp³-hybridized carbons (Fsp3) is 0.462. The molecule has 1 aromatic rings. The van der Waals surface area contributed by atoms with Gasteiger partial charge in [0.25, 0.3) is 5.91 Å². The largest absolute Gasteiger partial charge is 0.373 e. The first-order valence-corrected chi connectivity index (χ1v) is 6.11. The monoisotopic (exact) mass is 270 g/mol. The number of likely N-dealkylation sites (N-methyl/N-ethyl adjacent to an activating group) is 1. The van der Waals surface area contributed by atoms with Gasteiger partial charge in [0.2, 0.25) is 0 Å². The van der Waals surface area contributed by atoms with Gasteiger partial charge in [-0.15, -0.1) is 0 Å². The van der Waals surface area contributed by atoms with Crippen molar-refractivity contribution in [2.75, 3.05) is 33.3 Å². The molecule has 1 fully saturated rings. The summed E-state index contributed by atoms with van der Waals surface area (Å²) in [5, 5.41) is 2.97. The van der Waals surface area contributed by atoms with Crippen molar-refractivity contribution >= 4 is 5.91 Å². The van der Waals surface area contributed by atoms with E-state index in [9.17, 15) is 13.6 Å². The second-order valence-corrected chi connectivity index (χ2v) is 4.46. The SMILES string of the molecule is CNCC1CN(C(=O)c2cc(F)cc(F)c2)CCO1. The van der Waals surface area contributed by atoms with Crippen LogP contribution < -0.4 is 5.32 Å². The lowest BCUT2D eigenvalue weighted by Crippen LogP contribution is -2.48. The van der Waals surface area contributed by atoms with Crippen LogP contribution in [0, 0.1) is 11.6 Å². The average Bonchev–Trinajstić information content (AvgIpc) is 2.37. The van der Waals surface area contributed by atoms with Crippen molar-refractivity contribution in [3.63, 3.8) is 0 Å². The molecule has 104 valence electrons. The molecule has 0 aromatic heterocycles. The van der Waals surface area contributed by atoms with Crippen LogP contribution in [0.1, 0.15) is 10.4 Å². The summed E-state index contributed by atoms with van der Waals surface area (Å²) < 4.78 is 31.7. The Bertz CT molecular complexity index is 446. The van der Waals surface area contributed by atoms with Gasteiger partial charge in [0.05, 0.1) is 12.7 Å². The Balaban J connectivity index is 2.10. The molecule has 0 aliphatic carbocycles. The summed E-state index contributed by atoms with van der Waals surface area (Å²) in [6.45, 7) is 1.90. The van der Waals surface area contributed by atoms with E-state index in [2.05, 4.69) is 5.32 Å². The van der Waals surface area contributed by atoms with Crippen LogP contribution in [0.15, 0.2) is 18.2 Å². The van der Waals surface area contributed by atoms with Gasteiger partial charge in [0.1, 0.15) is 11.6 Å². The van der Waals surface area contributed by atoms with Crippen molar-refractivity contribution in [1.82, 2.24) is 10.2 Å². The zero-order valence-corrected chi connectivity index (χ0v) is 10.7. The molecule has 1 aliphatic rings. The van der Waals surface area contributed by atoms with Crippen molar-refractivity contribution in [2.24, 2.45) is 0 Å². The van der Waals surface area contributed by atoms with E-state index < -0.39 is 11.6 Å². The molecule has 1 saturated heterocycles. The van der Waals surface area contributed by atoms with Crippen LogP contribution in [0.3, 0.4) is 0 Å². The van der Waals surface area contributed by atoms with Crippen molar-refractivity contribution in [3.8, 4) is 0 Å². The number of hydrogen-bond donors (Lipinski definition) is 1. The molecule has 19 heavy (non-hydrogen) atoms. The normalized spacial score (nSPS) is 19.5. The summed E-state index contributed by atoms with van der Waals surface area (Å²) in [5.74, 6) is -1.87. The third kappa shape index (κ3) is 3.48. The summed E-state index contributed by atoms with van der Waals surface area (Å²) in [7, 11) is 1.80. The Kier molecular flexibility index (Phi) is 4.44. The molecule has 1 amide bonds. The summed E-state index contributed by atoms with van der Waals surface area (Å²) in [6, 6.07) is 2.85. The molecular formula is C13H16F2N2O2. The van der Waals surface area contributed by atoms with Crippen LogP contribution in [0.4, 0.5) is 8.78 Å². The smallest absolute Gasteiger partial charge is 0.254 e. The van der Waals surface area contributed by atoms with Crippen LogP contribution in [0.2, 0.25) is 0 Å². The number of benzene rings is 1. The minimum absolute atomic E-state index is 0.0302. The molecule has 0 bridgehead atoms. The fourth-order valence-electron chi connectivity index (χ4n) is 2.11. The number of nitrogens with one attached hydrogen (secondary N) is 1. The zero-order valence-electron chi connectivity index (χ0n) is 10.7. The van der Waals surface area contributed by atoms with Crippen molar-refractivity contribution < 1.29 is 18.3 Å². The molecule has 2 rings (SSSR count). The highest BCUT2D eigenvalue weighted by Crippen LogP contribution is 2.13. The molecule has 0 radical (unpaired) electrons. The van der Waals surface area contributed by atoms with Gasteiger partial charge in [-0.25, -0.2) is 8.78 Å². The lowest BCUT2D eigenvalue weighted by Gasteiger charge is -2.33. The lowest BCUT2D eigenvalue weighted by molar-refractivity contribution is -0.0196. The summed E-state index contributed by atoms with van der Waals surface area (Å²) >= 11 is 0. The van der Waals surface area contributed by atoms with Crippen LogP contribution >= 0.6 is 0 Å².